The van der Waals surface area contributed by atoms with Gasteiger partial charge in [-0.1, -0.05) is 35.3 Å². The van der Waals surface area contributed by atoms with Gasteiger partial charge in [-0.05, 0) is 42.0 Å². The van der Waals surface area contributed by atoms with E-state index < -0.39 is 0 Å². The van der Waals surface area contributed by atoms with Crippen LogP contribution in [0.4, 0.5) is 4.39 Å². The fourth-order valence-corrected chi connectivity index (χ4v) is 5.04. The van der Waals surface area contributed by atoms with Gasteiger partial charge >= 0.3 is 0 Å². The highest BCUT2D eigenvalue weighted by molar-refractivity contribution is 6.35. The molecule has 0 unspecified atom stereocenters. The number of nitrogens with one attached hydrogen (secondary N) is 1. The second kappa shape index (κ2) is 11.3. The maximum Gasteiger partial charge on any atom is 0.286 e. The van der Waals surface area contributed by atoms with Crippen LogP contribution in [0.25, 0.3) is 17.3 Å². The van der Waals surface area contributed by atoms with Crippen molar-refractivity contribution in [3.63, 3.8) is 0 Å². The summed E-state index contributed by atoms with van der Waals surface area (Å²) in [6.45, 7) is 3.94. The van der Waals surface area contributed by atoms with Crippen LogP contribution >= 0.6 is 23.2 Å². The Labute approximate surface area is 223 Å². The van der Waals surface area contributed by atoms with Crippen molar-refractivity contribution >= 4 is 40.8 Å². The van der Waals surface area contributed by atoms with Crippen LogP contribution < -0.4 is 5.43 Å². The Hall–Kier alpha value is -2.79. The molecule has 1 amide bonds. The molecule has 1 saturated heterocycles. The maximum atomic E-state index is 13.5. The number of hydrogen-bond acceptors (Lipinski definition) is 6. The molecular formula is C26H26Cl2FN5O3. The van der Waals surface area contributed by atoms with Crippen LogP contribution in [0.1, 0.15) is 27.3 Å². The number of benzene rings is 2. The Bertz CT molecular complexity index is 1320. The summed E-state index contributed by atoms with van der Waals surface area (Å²) in [6, 6.07) is 11.2. The van der Waals surface area contributed by atoms with Gasteiger partial charge in [0.05, 0.1) is 36.2 Å². The lowest BCUT2D eigenvalue weighted by Crippen LogP contribution is -2.54. The lowest BCUT2D eigenvalue weighted by atomic mass is 10.0. The van der Waals surface area contributed by atoms with E-state index in [1.54, 1.807) is 35.0 Å². The number of aliphatic hydroxyl groups is 1. The smallest absolute Gasteiger partial charge is 0.286 e. The number of halogens is 3. The largest absolute Gasteiger partial charge is 0.395 e. The summed E-state index contributed by atoms with van der Waals surface area (Å²) in [5, 5.41) is 16.6. The van der Waals surface area contributed by atoms with Crippen LogP contribution in [0.3, 0.4) is 0 Å². The maximum absolute atomic E-state index is 13.5. The van der Waals surface area contributed by atoms with Crippen LogP contribution in [0, 0.1) is 5.82 Å². The van der Waals surface area contributed by atoms with Crippen molar-refractivity contribution in [3.05, 3.63) is 80.8 Å². The molecule has 2 aromatic carbocycles. The number of aliphatic hydroxyl groups excluding tert-OH is 1. The van der Waals surface area contributed by atoms with E-state index >= 15 is 0 Å². The number of hydrazine groups is 1. The second-order valence-electron chi connectivity index (χ2n) is 8.89. The number of rotatable bonds is 6. The van der Waals surface area contributed by atoms with E-state index in [0.717, 1.165) is 24.2 Å². The molecule has 37 heavy (non-hydrogen) atoms. The highest BCUT2D eigenvalue weighted by atomic mass is 35.5. The van der Waals surface area contributed by atoms with Gasteiger partial charge in [-0.15, -0.1) is 0 Å². The van der Waals surface area contributed by atoms with Crippen LogP contribution in [0.15, 0.2) is 42.5 Å². The van der Waals surface area contributed by atoms with Gasteiger partial charge in [-0.2, -0.15) is 5.10 Å². The molecule has 3 aromatic rings. The van der Waals surface area contributed by atoms with Crippen LogP contribution in [-0.4, -0.2) is 76.6 Å². The van der Waals surface area contributed by atoms with Crippen LogP contribution in [-0.2, 0) is 11.3 Å². The second-order valence-corrected chi connectivity index (χ2v) is 9.73. The molecule has 0 atom stereocenters. The van der Waals surface area contributed by atoms with Gasteiger partial charge in [-0.25, -0.2) is 14.1 Å². The number of ether oxygens (including phenoxy) is 1. The quantitative estimate of drug-likeness (QED) is 0.492. The van der Waals surface area contributed by atoms with Crippen molar-refractivity contribution < 1.29 is 19.0 Å². The fraction of sp³-hybridized carbons (Fsp3) is 0.308. The predicted molar refractivity (Wildman–Crippen MR) is 140 cm³/mol. The van der Waals surface area contributed by atoms with E-state index in [-0.39, 0.29) is 37.2 Å². The summed E-state index contributed by atoms with van der Waals surface area (Å²) in [7, 11) is 0. The fourth-order valence-electron chi connectivity index (χ4n) is 4.55. The number of fused-ring (bicyclic) bond motifs is 1. The third-order valence-corrected chi connectivity index (χ3v) is 6.94. The number of nitrogens with zero attached hydrogens (tertiary/aromatic N) is 4. The van der Waals surface area contributed by atoms with Gasteiger partial charge in [-0.3, -0.25) is 15.1 Å². The predicted octanol–water partition coefficient (Wildman–Crippen LogP) is 3.64. The first-order chi connectivity index (χ1) is 17.9. The SMILES string of the molecule is O=C(NN1CCN(CCO)CC1)c1nn(-c2ccc(Cl)cc2Cl)c2c1COC/C2=C\c1ccc(F)cc1. The average molecular weight is 546 g/mol. The molecule has 0 spiro atoms. The number of piperazine rings is 1. The van der Waals surface area contributed by atoms with Crippen molar-refractivity contribution in [2.75, 3.05) is 45.9 Å². The van der Waals surface area contributed by atoms with E-state index in [9.17, 15) is 9.18 Å². The molecule has 194 valence electrons. The first-order valence-electron chi connectivity index (χ1n) is 11.9. The van der Waals surface area contributed by atoms with Gasteiger partial charge in [0, 0.05) is 48.9 Å². The highest BCUT2D eigenvalue weighted by Gasteiger charge is 2.31. The summed E-state index contributed by atoms with van der Waals surface area (Å²) in [4.78, 5) is 15.6. The van der Waals surface area contributed by atoms with Crippen molar-refractivity contribution in [2.45, 2.75) is 6.61 Å². The van der Waals surface area contributed by atoms with Crippen LogP contribution in [0.2, 0.25) is 10.0 Å². The Balaban J connectivity index is 1.52. The molecule has 5 rings (SSSR count). The summed E-state index contributed by atoms with van der Waals surface area (Å²) < 4.78 is 21.0. The number of amides is 1. The monoisotopic (exact) mass is 545 g/mol. The van der Waals surface area contributed by atoms with Gasteiger partial charge < -0.3 is 9.84 Å². The minimum atomic E-state index is -0.345. The summed E-state index contributed by atoms with van der Waals surface area (Å²) >= 11 is 12.7. The lowest BCUT2D eigenvalue weighted by molar-refractivity contribution is 0.0573. The molecular weight excluding hydrogens is 520 g/mol. The molecule has 2 aliphatic heterocycles. The lowest BCUT2D eigenvalue weighted by Gasteiger charge is -2.34. The molecule has 1 fully saturated rings. The molecule has 11 heteroatoms. The first-order valence-corrected chi connectivity index (χ1v) is 12.7. The van der Waals surface area contributed by atoms with Gasteiger partial charge in [0.25, 0.3) is 5.91 Å². The standard InChI is InChI=1S/C26H26Cl2FN5O3/c27-19-3-6-23(22(28)14-19)34-25-18(13-17-1-4-20(29)5-2-17)15-37-16-21(25)24(30-34)26(36)31-33-9-7-32(8-10-33)11-12-35/h1-6,13-14,35H,7-12,15-16H2,(H,31,36)/b18-13+. The molecule has 0 saturated carbocycles. The topological polar surface area (TPSA) is 82.9 Å². The summed E-state index contributed by atoms with van der Waals surface area (Å²) in [6.07, 6.45) is 1.89. The highest BCUT2D eigenvalue weighted by Crippen LogP contribution is 2.34. The van der Waals surface area contributed by atoms with E-state index in [1.807, 2.05) is 11.1 Å². The third kappa shape index (κ3) is 5.72. The molecule has 1 aromatic heterocycles. The summed E-state index contributed by atoms with van der Waals surface area (Å²) in [5.74, 6) is -0.667. The minimum absolute atomic E-state index is 0.108. The zero-order chi connectivity index (χ0) is 25.9. The Kier molecular flexibility index (Phi) is 7.89. The molecule has 2 N–H and O–H groups in total. The van der Waals surface area contributed by atoms with E-state index in [2.05, 4.69) is 10.3 Å². The third-order valence-electron chi connectivity index (χ3n) is 6.40. The van der Waals surface area contributed by atoms with Crippen molar-refractivity contribution in [1.29, 1.82) is 0 Å². The number of carbonyl (C=O) groups is 1. The molecule has 0 aliphatic carbocycles. The van der Waals surface area contributed by atoms with Crippen LogP contribution in [0.5, 0.6) is 0 Å². The average Bonchev–Trinajstić information content (AvgIpc) is 3.27. The first kappa shape index (κ1) is 25.8. The minimum Gasteiger partial charge on any atom is -0.395 e. The molecule has 3 heterocycles. The van der Waals surface area contributed by atoms with E-state index in [0.29, 0.717) is 46.6 Å². The number of aromatic nitrogens is 2. The van der Waals surface area contributed by atoms with E-state index in [1.165, 1.54) is 12.1 Å². The van der Waals surface area contributed by atoms with Crippen molar-refractivity contribution in [1.82, 2.24) is 25.1 Å². The molecule has 2 aliphatic rings. The van der Waals surface area contributed by atoms with E-state index in [4.69, 9.17) is 38.1 Å². The zero-order valence-corrected chi connectivity index (χ0v) is 21.5. The van der Waals surface area contributed by atoms with Gasteiger partial charge in [0.15, 0.2) is 5.69 Å². The Morgan fingerprint density at radius 2 is 1.86 bits per heavy atom. The normalized spacial score (nSPS) is 17.7. The van der Waals surface area contributed by atoms with Crippen molar-refractivity contribution in [3.8, 4) is 5.69 Å². The van der Waals surface area contributed by atoms with Crippen molar-refractivity contribution in [2.24, 2.45) is 0 Å². The number of carbonyl (C=O) groups excluding carboxylic acids is 1. The molecule has 0 bridgehead atoms. The Morgan fingerprint density at radius 1 is 1.11 bits per heavy atom. The summed E-state index contributed by atoms with van der Waals surface area (Å²) in [5.41, 5.74) is 6.69. The number of hydrogen-bond donors (Lipinski definition) is 2. The van der Waals surface area contributed by atoms with Gasteiger partial charge in [0.1, 0.15) is 5.82 Å². The number of β-amino-alcohol motifs (C(OH)–C–C–N with tert-alkyl or cyclic N) is 1. The molecule has 8 nitrogen and oxygen atoms in total. The zero-order valence-electron chi connectivity index (χ0n) is 20.0. The van der Waals surface area contributed by atoms with Gasteiger partial charge in [0.2, 0.25) is 0 Å². The molecule has 0 radical (unpaired) electrons. The Morgan fingerprint density at radius 3 is 2.57 bits per heavy atom.